The molecule has 0 bridgehead atoms. The maximum Gasteiger partial charge on any atom is 0.126 e. The van der Waals surface area contributed by atoms with Crippen LogP contribution in [-0.2, 0) is 5.88 Å². The molecule has 0 saturated heterocycles. The summed E-state index contributed by atoms with van der Waals surface area (Å²) < 4.78 is 6.01. The van der Waals surface area contributed by atoms with Crippen molar-refractivity contribution in [1.29, 1.82) is 0 Å². The molecule has 0 N–H and O–H groups in total. The monoisotopic (exact) mass is 252 g/mol. The molecule has 2 heteroatoms. The third-order valence-electron chi connectivity index (χ3n) is 3.63. The number of alkyl halides is 1. The van der Waals surface area contributed by atoms with E-state index < -0.39 is 0 Å². The molecule has 1 nitrogen and oxygen atoms in total. The molecule has 0 aliphatic heterocycles. The lowest BCUT2D eigenvalue weighted by Crippen LogP contribution is -2.16. The van der Waals surface area contributed by atoms with Gasteiger partial charge in [-0.15, -0.1) is 11.6 Å². The zero-order chi connectivity index (χ0) is 12.1. The molecule has 0 atom stereocenters. The lowest BCUT2D eigenvalue weighted by molar-refractivity contribution is 0.207. The van der Waals surface area contributed by atoms with Gasteiger partial charge in [-0.2, -0.15) is 0 Å². The predicted molar refractivity (Wildman–Crippen MR) is 72.8 cm³/mol. The van der Waals surface area contributed by atoms with Gasteiger partial charge in [-0.05, 0) is 31.2 Å². The number of halogens is 1. The molecule has 0 spiro atoms. The van der Waals surface area contributed by atoms with Crippen molar-refractivity contribution in [2.45, 2.75) is 44.9 Å². The highest BCUT2D eigenvalue weighted by atomic mass is 35.5. The van der Waals surface area contributed by atoms with Crippen LogP contribution in [0.2, 0.25) is 0 Å². The highest BCUT2D eigenvalue weighted by Crippen LogP contribution is 2.28. The Balaban J connectivity index is 1.97. The number of ether oxygens (including phenoxy) is 1. The summed E-state index contributed by atoms with van der Waals surface area (Å²) in [5.74, 6) is 2.28. The number of hydrogen-bond donors (Lipinski definition) is 0. The molecular weight excluding hydrogens is 232 g/mol. The van der Waals surface area contributed by atoms with Crippen LogP contribution in [0.1, 0.15) is 43.2 Å². The smallest absolute Gasteiger partial charge is 0.126 e. The molecule has 0 radical (unpaired) electrons. The summed E-state index contributed by atoms with van der Waals surface area (Å²) in [5, 5.41) is 0. The lowest BCUT2D eigenvalue weighted by Gasteiger charge is -2.23. The second-order valence-electron chi connectivity index (χ2n) is 5.01. The molecule has 1 aliphatic carbocycles. The Bertz CT molecular complexity index is 356. The van der Waals surface area contributed by atoms with E-state index in [1.807, 2.05) is 6.07 Å². The third-order valence-corrected chi connectivity index (χ3v) is 3.91. The normalized spacial score (nSPS) is 17.1. The average molecular weight is 253 g/mol. The van der Waals surface area contributed by atoms with E-state index in [1.165, 1.54) is 37.7 Å². The van der Waals surface area contributed by atoms with Crippen LogP contribution < -0.4 is 4.74 Å². The van der Waals surface area contributed by atoms with Crippen LogP contribution in [0.25, 0.3) is 0 Å². The molecular formula is C15H21ClO. The van der Waals surface area contributed by atoms with E-state index in [0.29, 0.717) is 5.88 Å². The van der Waals surface area contributed by atoms with Crippen molar-refractivity contribution in [3.05, 3.63) is 29.3 Å². The first kappa shape index (κ1) is 12.8. The number of rotatable bonds is 4. The highest BCUT2D eigenvalue weighted by Gasteiger charge is 2.15. The van der Waals surface area contributed by atoms with Crippen LogP contribution >= 0.6 is 11.6 Å². The van der Waals surface area contributed by atoms with Crippen LogP contribution in [0.5, 0.6) is 5.75 Å². The van der Waals surface area contributed by atoms with Crippen LogP contribution in [0, 0.1) is 12.8 Å². The number of benzene rings is 1. The van der Waals surface area contributed by atoms with Crippen molar-refractivity contribution in [1.82, 2.24) is 0 Å². The maximum atomic E-state index is 6.01. The largest absolute Gasteiger partial charge is 0.493 e. The summed E-state index contributed by atoms with van der Waals surface area (Å²) >= 11 is 5.95. The minimum atomic E-state index is 0.529. The first-order valence-electron chi connectivity index (χ1n) is 6.58. The molecule has 1 saturated carbocycles. The predicted octanol–water partition coefficient (Wildman–Crippen LogP) is 4.69. The van der Waals surface area contributed by atoms with Crippen LogP contribution in [0.4, 0.5) is 0 Å². The highest BCUT2D eigenvalue weighted by molar-refractivity contribution is 6.17. The molecule has 1 aliphatic rings. The van der Waals surface area contributed by atoms with Gasteiger partial charge in [-0.1, -0.05) is 37.5 Å². The topological polar surface area (TPSA) is 9.23 Å². The number of para-hydroxylation sites is 1. The molecule has 94 valence electrons. The van der Waals surface area contributed by atoms with Gasteiger partial charge in [-0.3, -0.25) is 0 Å². The van der Waals surface area contributed by atoms with E-state index in [4.69, 9.17) is 16.3 Å². The molecule has 0 heterocycles. The molecule has 17 heavy (non-hydrogen) atoms. The van der Waals surface area contributed by atoms with Gasteiger partial charge in [0.1, 0.15) is 5.75 Å². The fourth-order valence-electron chi connectivity index (χ4n) is 2.58. The molecule has 1 fully saturated rings. The van der Waals surface area contributed by atoms with Crippen molar-refractivity contribution >= 4 is 11.6 Å². The summed E-state index contributed by atoms with van der Waals surface area (Å²) in [7, 11) is 0. The van der Waals surface area contributed by atoms with E-state index in [0.717, 1.165) is 23.8 Å². The van der Waals surface area contributed by atoms with Gasteiger partial charge < -0.3 is 4.74 Å². The molecule has 0 amide bonds. The Morgan fingerprint density at radius 1 is 1.24 bits per heavy atom. The first-order chi connectivity index (χ1) is 8.31. The summed E-state index contributed by atoms with van der Waals surface area (Å²) in [6.07, 6.45) is 6.77. The summed E-state index contributed by atoms with van der Waals surface area (Å²) in [6, 6.07) is 6.18. The quantitative estimate of drug-likeness (QED) is 0.707. The van der Waals surface area contributed by atoms with Gasteiger partial charge >= 0.3 is 0 Å². The van der Waals surface area contributed by atoms with E-state index in [-0.39, 0.29) is 0 Å². The van der Waals surface area contributed by atoms with Crippen molar-refractivity contribution in [3.63, 3.8) is 0 Å². The number of aryl methyl sites for hydroxylation is 1. The minimum Gasteiger partial charge on any atom is -0.493 e. The van der Waals surface area contributed by atoms with Crippen molar-refractivity contribution in [2.24, 2.45) is 5.92 Å². The fourth-order valence-corrected chi connectivity index (χ4v) is 2.79. The minimum absolute atomic E-state index is 0.529. The van der Waals surface area contributed by atoms with E-state index >= 15 is 0 Å². The van der Waals surface area contributed by atoms with E-state index in [9.17, 15) is 0 Å². The molecule has 1 aromatic rings. The van der Waals surface area contributed by atoms with Crippen molar-refractivity contribution in [2.75, 3.05) is 6.61 Å². The summed E-state index contributed by atoms with van der Waals surface area (Å²) in [4.78, 5) is 0. The average Bonchev–Trinajstić information content (AvgIpc) is 2.38. The second-order valence-corrected chi connectivity index (χ2v) is 5.28. The zero-order valence-corrected chi connectivity index (χ0v) is 11.3. The van der Waals surface area contributed by atoms with Crippen molar-refractivity contribution in [3.8, 4) is 5.75 Å². The SMILES string of the molecule is Cc1cccc(CCl)c1OCC1CCCCC1. The van der Waals surface area contributed by atoms with Gasteiger partial charge in [-0.25, -0.2) is 0 Å². The van der Waals surface area contributed by atoms with E-state index in [1.54, 1.807) is 0 Å². The Kier molecular flexibility index (Phi) is 4.73. The molecule has 0 unspecified atom stereocenters. The van der Waals surface area contributed by atoms with Gasteiger partial charge in [0, 0.05) is 5.56 Å². The first-order valence-corrected chi connectivity index (χ1v) is 7.12. The van der Waals surface area contributed by atoms with Gasteiger partial charge in [0.15, 0.2) is 0 Å². The summed E-state index contributed by atoms with van der Waals surface area (Å²) in [6.45, 7) is 2.95. The third kappa shape index (κ3) is 3.38. The fraction of sp³-hybridized carbons (Fsp3) is 0.600. The van der Waals surface area contributed by atoms with Gasteiger partial charge in [0.05, 0.1) is 12.5 Å². The second kappa shape index (κ2) is 6.30. The molecule has 1 aromatic carbocycles. The Labute approximate surface area is 109 Å². The maximum absolute atomic E-state index is 6.01. The standard InChI is InChI=1S/C15H21ClO/c1-12-6-5-9-14(10-16)15(12)17-11-13-7-3-2-4-8-13/h5-6,9,13H,2-4,7-8,10-11H2,1H3. The van der Waals surface area contributed by atoms with Crippen molar-refractivity contribution < 1.29 is 4.74 Å². The van der Waals surface area contributed by atoms with Crippen LogP contribution in [0.15, 0.2) is 18.2 Å². The Hall–Kier alpha value is -0.690. The molecule has 2 rings (SSSR count). The lowest BCUT2D eigenvalue weighted by atomic mass is 9.90. The molecule has 0 aromatic heterocycles. The van der Waals surface area contributed by atoms with Crippen LogP contribution in [0.3, 0.4) is 0 Å². The van der Waals surface area contributed by atoms with Crippen LogP contribution in [-0.4, -0.2) is 6.61 Å². The van der Waals surface area contributed by atoms with Gasteiger partial charge in [0.25, 0.3) is 0 Å². The Morgan fingerprint density at radius 3 is 2.71 bits per heavy atom. The Morgan fingerprint density at radius 2 is 2.00 bits per heavy atom. The van der Waals surface area contributed by atoms with E-state index in [2.05, 4.69) is 19.1 Å². The summed E-state index contributed by atoms with van der Waals surface area (Å²) in [5.41, 5.74) is 2.31. The van der Waals surface area contributed by atoms with Gasteiger partial charge in [0.2, 0.25) is 0 Å². The zero-order valence-electron chi connectivity index (χ0n) is 10.5. The number of hydrogen-bond acceptors (Lipinski definition) is 1.